The lowest BCUT2D eigenvalue weighted by molar-refractivity contribution is -0.117. The van der Waals surface area contributed by atoms with Gasteiger partial charge >= 0.3 is 0 Å². The highest BCUT2D eigenvalue weighted by molar-refractivity contribution is 6.35. The number of carbonyl (C=O) groups is 1. The minimum absolute atomic E-state index is 0.252. The molecule has 0 bridgehead atoms. The highest BCUT2D eigenvalue weighted by Crippen LogP contribution is 2.22. The number of benzene rings is 1. The maximum Gasteiger partial charge on any atom is 0.267 e. The van der Waals surface area contributed by atoms with Crippen molar-refractivity contribution in [1.29, 1.82) is 0 Å². The van der Waals surface area contributed by atoms with Gasteiger partial charge in [0, 0.05) is 21.8 Å². The minimum atomic E-state index is -0.431. The predicted octanol–water partition coefficient (Wildman–Crippen LogP) is 3.45. The van der Waals surface area contributed by atoms with Crippen LogP contribution in [0.2, 0.25) is 10.0 Å². The van der Waals surface area contributed by atoms with E-state index in [0.29, 0.717) is 27.2 Å². The number of carbonyl (C=O) groups excluding carboxylic acids is 1. The Morgan fingerprint density at radius 3 is 2.58 bits per heavy atom. The molecular formula is C16H11Cl2N3O3. The molecule has 1 amide bonds. The molecule has 1 aromatic carbocycles. The van der Waals surface area contributed by atoms with Gasteiger partial charge in [-0.2, -0.15) is 5.10 Å². The van der Waals surface area contributed by atoms with Crippen LogP contribution in [-0.4, -0.2) is 15.7 Å². The van der Waals surface area contributed by atoms with E-state index in [1.165, 1.54) is 18.4 Å². The summed E-state index contributed by atoms with van der Waals surface area (Å²) in [6.07, 6.45) is 1.50. The molecule has 0 aliphatic heterocycles. The molecule has 2 aromatic heterocycles. The molecule has 0 aliphatic carbocycles. The van der Waals surface area contributed by atoms with E-state index < -0.39 is 11.5 Å². The third-order valence-electron chi connectivity index (χ3n) is 3.08. The van der Waals surface area contributed by atoms with Crippen LogP contribution in [0.25, 0.3) is 11.5 Å². The highest BCUT2D eigenvalue weighted by Gasteiger charge is 2.10. The van der Waals surface area contributed by atoms with E-state index in [0.717, 1.165) is 4.68 Å². The monoisotopic (exact) mass is 363 g/mol. The van der Waals surface area contributed by atoms with Gasteiger partial charge in [0.25, 0.3) is 5.56 Å². The molecule has 0 aliphatic rings. The SMILES string of the molecule is O=C(Cn1nc(-c2ccco2)ccc1=O)Nc1cc(Cl)cc(Cl)c1. The predicted molar refractivity (Wildman–Crippen MR) is 91.3 cm³/mol. The minimum Gasteiger partial charge on any atom is -0.463 e. The maximum atomic E-state index is 12.1. The van der Waals surface area contributed by atoms with E-state index in [1.54, 1.807) is 30.3 Å². The summed E-state index contributed by atoms with van der Waals surface area (Å²) in [5, 5.41) is 7.54. The van der Waals surface area contributed by atoms with Crippen LogP contribution in [0.4, 0.5) is 5.69 Å². The summed E-state index contributed by atoms with van der Waals surface area (Å²) in [7, 11) is 0. The molecule has 0 fully saturated rings. The Morgan fingerprint density at radius 1 is 1.17 bits per heavy atom. The first-order valence-electron chi connectivity index (χ1n) is 6.89. The lowest BCUT2D eigenvalue weighted by atomic mass is 10.3. The second kappa shape index (κ2) is 6.90. The van der Waals surface area contributed by atoms with Crippen LogP contribution in [0, 0.1) is 0 Å². The summed E-state index contributed by atoms with van der Waals surface area (Å²) >= 11 is 11.8. The van der Waals surface area contributed by atoms with Gasteiger partial charge < -0.3 is 9.73 Å². The third-order valence-corrected chi connectivity index (χ3v) is 3.52. The number of hydrogen-bond acceptors (Lipinski definition) is 4. The first-order chi connectivity index (χ1) is 11.5. The molecule has 0 spiro atoms. The van der Waals surface area contributed by atoms with E-state index in [9.17, 15) is 9.59 Å². The van der Waals surface area contributed by atoms with E-state index in [2.05, 4.69) is 10.4 Å². The summed E-state index contributed by atoms with van der Waals surface area (Å²) < 4.78 is 6.29. The maximum absolute atomic E-state index is 12.1. The first kappa shape index (κ1) is 16.3. The fraction of sp³-hybridized carbons (Fsp3) is 0.0625. The number of furan rings is 1. The molecule has 0 atom stereocenters. The number of halogens is 2. The Bertz CT molecular complexity index is 916. The normalized spacial score (nSPS) is 10.6. The number of aromatic nitrogens is 2. The zero-order valence-electron chi connectivity index (χ0n) is 12.2. The molecule has 6 nitrogen and oxygen atoms in total. The van der Waals surface area contributed by atoms with Crippen molar-refractivity contribution >= 4 is 34.8 Å². The molecule has 3 aromatic rings. The van der Waals surface area contributed by atoms with Crippen LogP contribution < -0.4 is 10.9 Å². The topological polar surface area (TPSA) is 77.1 Å². The Kier molecular flexibility index (Phi) is 4.69. The molecular weight excluding hydrogens is 353 g/mol. The Labute approximate surface area is 146 Å². The molecule has 0 saturated heterocycles. The molecule has 1 N–H and O–H groups in total. The van der Waals surface area contributed by atoms with Gasteiger partial charge in [0.05, 0.1) is 6.26 Å². The van der Waals surface area contributed by atoms with Crippen molar-refractivity contribution in [3.63, 3.8) is 0 Å². The summed E-state index contributed by atoms with van der Waals surface area (Å²) in [5.41, 5.74) is 0.496. The number of amides is 1. The van der Waals surface area contributed by atoms with Gasteiger partial charge in [-0.3, -0.25) is 9.59 Å². The van der Waals surface area contributed by atoms with Gasteiger partial charge in [-0.15, -0.1) is 0 Å². The average molecular weight is 364 g/mol. The Morgan fingerprint density at radius 2 is 1.92 bits per heavy atom. The lowest BCUT2D eigenvalue weighted by Gasteiger charge is -2.08. The molecule has 122 valence electrons. The largest absolute Gasteiger partial charge is 0.463 e. The van der Waals surface area contributed by atoms with E-state index >= 15 is 0 Å². The highest BCUT2D eigenvalue weighted by atomic mass is 35.5. The number of hydrogen-bond donors (Lipinski definition) is 1. The van der Waals surface area contributed by atoms with Crippen molar-refractivity contribution in [3.05, 3.63) is 69.1 Å². The van der Waals surface area contributed by atoms with E-state index in [-0.39, 0.29) is 6.54 Å². The van der Waals surface area contributed by atoms with Crippen molar-refractivity contribution in [2.75, 3.05) is 5.32 Å². The third kappa shape index (κ3) is 3.84. The Hall–Kier alpha value is -2.57. The first-order valence-corrected chi connectivity index (χ1v) is 7.65. The molecule has 0 unspecified atom stereocenters. The second-order valence-electron chi connectivity index (χ2n) is 4.90. The number of nitrogens with one attached hydrogen (secondary N) is 1. The zero-order chi connectivity index (χ0) is 17.1. The van der Waals surface area contributed by atoms with Gasteiger partial charge in [-0.05, 0) is 36.4 Å². The molecule has 24 heavy (non-hydrogen) atoms. The molecule has 0 saturated carbocycles. The van der Waals surface area contributed by atoms with Crippen LogP contribution in [-0.2, 0) is 11.3 Å². The lowest BCUT2D eigenvalue weighted by Crippen LogP contribution is -2.29. The summed E-state index contributed by atoms with van der Waals surface area (Å²) in [4.78, 5) is 24.0. The quantitative estimate of drug-likeness (QED) is 0.769. The fourth-order valence-electron chi connectivity index (χ4n) is 2.08. The van der Waals surface area contributed by atoms with Crippen LogP contribution in [0.1, 0.15) is 0 Å². The molecule has 8 heteroatoms. The van der Waals surface area contributed by atoms with Gasteiger partial charge in [-0.1, -0.05) is 23.2 Å². The number of rotatable bonds is 4. The molecule has 0 radical (unpaired) electrons. The van der Waals surface area contributed by atoms with Crippen LogP contribution in [0.3, 0.4) is 0 Å². The number of anilines is 1. The van der Waals surface area contributed by atoms with Crippen molar-refractivity contribution < 1.29 is 9.21 Å². The van der Waals surface area contributed by atoms with Gasteiger partial charge in [-0.25, -0.2) is 4.68 Å². The van der Waals surface area contributed by atoms with Crippen LogP contribution in [0.15, 0.2) is 57.9 Å². The second-order valence-corrected chi connectivity index (χ2v) is 5.77. The van der Waals surface area contributed by atoms with Crippen molar-refractivity contribution in [2.45, 2.75) is 6.54 Å². The van der Waals surface area contributed by atoms with Crippen molar-refractivity contribution in [1.82, 2.24) is 9.78 Å². The van der Waals surface area contributed by atoms with Crippen molar-refractivity contribution in [3.8, 4) is 11.5 Å². The molecule has 3 rings (SSSR count). The smallest absolute Gasteiger partial charge is 0.267 e. The number of nitrogens with zero attached hydrogens (tertiary/aromatic N) is 2. The van der Waals surface area contributed by atoms with Crippen LogP contribution >= 0.6 is 23.2 Å². The zero-order valence-corrected chi connectivity index (χ0v) is 13.7. The average Bonchev–Trinajstić information content (AvgIpc) is 3.02. The summed E-state index contributed by atoms with van der Waals surface area (Å²) in [5.74, 6) is 0.0744. The van der Waals surface area contributed by atoms with Gasteiger partial charge in [0.2, 0.25) is 5.91 Å². The standard InChI is InChI=1S/C16H11Cl2N3O3/c17-10-6-11(18)8-12(7-10)19-15(22)9-21-16(23)4-3-13(20-21)14-2-1-5-24-14/h1-8H,9H2,(H,19,22). The van der Waals surface area contributed by atoms with Crippen molar-refractivity contribution in [2.24, 2.45) is 0 Å². The van der Waals surface area contributed by atoms with E-state index in [1.807, 2.05) is 0 Å². The summed E-state index contributed by atoms with van der Waals surface area (Å²) in [6.45, 7) is -0.252. The van der Waals surface area contributed by atoms with Crippen LogP contribution in [0.5, 0.6) is 0 Å². The van der Waals surface area contributed by atoms with Gasteiger partial charge in [0.1, 0.15) is 12.2 Å². The van der Waals surface area contributed by atoms with E-state index in [4.69, 9.17) is 27.6 Å². The Balaban J connectivity index is 1.79. The molecule has 2 heterocycles. The summed E-state index contributed by atoms with van der Waals surface area (Å²) in [6, 6.07) is 11.0. The fourth-order valence-corrected chi connectivity index (χ4v) is 2.61. The van der Waals surface area contributed by atoms with Gasteiger partial charge in [0.15, 0.2) is 5.76 Å².